The van der Waals surface area contributed by atoms with E-state index in [1.807, 2.05) is 0 Å². The number of phosphoric ester groups is 1. The van der Waals surface area contributed by atoms with Gasteiger partial charge in [-0.15, -0.1) is 0 Å². The molecule has 0 aromatic heterocycles. The monoisotopic (exact) mass is 694 g/mol. The van der Waals surface area contributed by atoms with E-state index in [1.54, 1.807) is 0 Å². The Bertz CT molecular complexity index is 1100. The number of ether oxygens (including phenoxy) is 2. The SMILES string of the molecule is COP(=O)(O)OCCCCCCCC(=O)OCCCOC(=O)CC/C(C)=C/CC/C(C)=C/CC/C=C(\C)CC/C=C(\C)CCC=C(C)C. The molecule has 0 saturated carbocycles. The Hall–Kier alpha value is -2.25. The first kappa shape index (κ1) is 45.8. The van der Waals surface area contributed by atoms with Crippen LogP contribution in [0, 0.1) is 0 Å². The van der Waals surface area contributed by atoms with Crippen molar-refractivity contribution in [1.29, 1.82) is 0 Å². The second-order valence-corrected chi connectivity index (χ2v) is 14.5. The molecule has 1 N–H and O–H groups in total. The maximum Gasteiger partial charge on any atom is 0.471 e. The second-order valence-electron chi connectivity index (χ2n) is 13.0. The molecule has 0 aliphatic carbocycles. The van der Waals surface area contributed by atoms with Crippen LogP contribution in [-0.2, 0) is 32.7 Å². The van der Waals surface area contributed by atoms with Gasteiger partial charge in [-0.05, 0) is 112 Å². The Morgan fingerprint density at radius 1 is 0.521 bits per heavy atom. The molecule has 48 heavy (non-hydrogen) atoms. The molecule has 276 valence electrons. The highest BCUT2D eigenvalue weighted by molar-refractivity contribution is 7.47. The second kappa shape index (κ2) is 29.6. The van der Waals surface area contributed by atoms with Gasteiger partial charge < -0.3 is 14.4 Å². The van der Waals surface area contributed by atoms with Crippen LogP contribution in [-0.4, -0.2) is 43.8 Å². The first-order valence-electron chi connectivity index (χ1n) is 17.9. The molecule has 0 fully saturated rings. The standard InChI is InChI=1S/C39H67O8P/c1-33(2)19-15-22-36(5)25-16-23-34(3)20-12-13-21-35(4)24-17-26-37(6)28-29-39(41)46-31-18-30-45-38(40)27-11-9-8-10-14-32-47-48(42,43)44-7/h19-21,25-26H,8-18,22-24,27-32H2,1-7H3,(H,42,43)/b34-20+,35-21+,36-25+,37-26+. The number of hydrogen-bond donors (Lipinski definition) is 1. The maximum absolute atomic E-state index is 12.1. The van der Waals surface area contributed by atoms with Crippen LogP contribution in [0.25, 0.3) is 0 Å². The Balaban J connectivity index is 3.88. The molecule has 0 heterocycles. The van der Waals surface area contributed by atoms with E-state index in [-0.39, 0.29) is 31.8 Å². The topological polar surface area (TPSA) is 108 Å². The van der Waals surface area contributed by atoms with Gasteiger partial charge >= 0.3 is 19.8 Å². The third kappa shape index (κ3) is 31.0. The molecule has 1 unspecified atom stereocenters. The van der Waals surface area contributed by atoms with Gasteiger partial charge in [0.2, 0.25) is 0 Å². The lowest BCUT2D eigenvalue weighted by Crippen LogP contribution is -2.10. The van der Waals surface area contributed by atoms with Crippen molar-refractivity contribution in [1.82, 2.24) is 0 Å². The molecule has 0 aliphatic heterocycles. The molecule has 0 radical (unpaired) electrons. The van der Waals surface area contributed by atoms with Crippen LogP contribution in [0.3, 0.4) is 0 Å². The predicted molar refractivity (Wildman–Crippen MR) is 198 cm³/mol. The molecule has 0 amide bonds. The van der Waals surface area contributed by atoms with Crippen LogP contribution in [0.4, 0.5) is 0 Å². The fourth-order valence-electron chi connectivity index (χ4n) is 4.76. The molecule has 0 aromatic rings. The molecule has 8 nitrogen and oxygen atoms in total. The van der Waals surface area contributed by atoms with Crippen LogP contribution in [0.15, 0.2) is 58.2 Å². The summed E-state index contributed by atoms with van der Waals surface area (Å²) in [5, 5.41) is 0. The summed E-state index contributed by atoms with van der Waals surface area (Å²) in [6, 6.07) is 0. The van der Waals surface area contributed by atoms with E-state index in [4.69, 9.17) is 18.9 Å². The van der Waals surface area contributed by atoms with Gasteiger partial charge in [-0.1, -0.05) is 77.5 Å². The molecule has 0 bridgehead atoms. The van der Waals surface area contributed by atoms with Crippen LogP contribution < -0.4 is 0 Å². The fraction of sp³-hybridized carbons (Fsp3) is 0.692. The number of phosphoric acid groups is 1. The minimum Gasteiger partial charge on any atom is -0.466 e. The number of rotatable bonds is 29. The van der Waals surface area contributed by atoms with Crippen molar-refractivity contribution in [3.05, 3.63) is 58.2 Å². The number of hydrogen-bond acceptors (Lipinski definition) is 7. The third-order valence-electron chi connectivity index (χ3n) is 7.86. The summed E-state index contributed by atoms with van der Waals surface area (Å²) in [7, 11) is -2.76. The highest BCUT2D eigenvalue weighted by atomic mass is 31.2. The molecular weight excluding hydrogens is 627 g/mol. The zero-order valence-corrected chi connectivity index (χ0v) is 32.2. The zero-order valence-electron chi connectivity index (χ0n) is 31.3. The normalized spacial score (nSPS) is 14.1. The van der Waals surface area contributed by atoms with Gasteiger partial charge in [0.05, 0.1) is 19.8 Å². The van der Waals surface area contributed by atoms with E-state index in [2.05, 4.69) is 76.4 Å². The summed E-state index contributed by atoms with van der Waals surface area (Å²) < 4.78 is 30.8. The lowest BCUT2D eigenvalue weighted by Gasteiger charge is -2.08. The van der Waals surface area contributed by atoms with E-state index in [0.29, 0.717) is 32.1 Å². The smallest absolute Gasteiger partial charge is 0.466 e. The summed E-state index contributed by atoms with van der Waals surface area (Å²) in [6.07, 6.45) is 26.2. The van der Waals surface area contributed by atoms with E-state index < -0.39 is 7.82 Å². The Morgan fingerprint density at radius 2 is 0.958 bits per heavy atom. The van der Waals surface area contributed by atoms with E-state index in [0.717, 1.165) is 84.2 Å². The van der Waals surface area contributed by atoms with Gasteiger partial charge in [0.25, 0.3) is 0 Å². The van der Waals surface area contributed by atoms with Gasteiger partial charge in [-0.2, -0.15) is 0 Å². The van der Waals surface area contributed by atoms with E-state index in [1.165, 1.54) is 27.9 Å². The summed E-state index contributed by atoms with van der Waals surface area (Å²) in [5.74, 6) is -0.479. The molecule has 0 aromatic carbocycles. The fourth-order valence-corrected chi connectivity index (χ4v) is 5.22. The lowest BCUT2D eigenvalue weighted by atomic mass is 10.0. The first-order valence-corrected chi connectivity index (χ1v) is 19.4. The van der Waals surface area contributed by atoms with E-state index in [9.17, 15) is 14.2 Å². The van der Waals surface area contributed by atoms with Crippen LogP contribution in [0.1, 0.15) is 151 Å². The minimum atomic E-state index is -3.89. The Kier molecular flexibility index (Phi) is 28.3. The van der Waals surface area contributed by atoms with E-state index >= 15 is 0 Å². The number of esters is 2. The lowest BCUT2D eigenvalue weighted by molar-refractivity contribution is -0.146. The summed E-state index contributed by atoms with van der Waals surface area (Å²) >= 11 is 0. The van der Waals surface area contributed by atoms with Crippen molar-refractivity contribution < 1.29 is 37.6 Å². The molecule has 0 saturated heterocycles. The van der Waals surface area contributed by atoms with Crippen molar-refractivity contribution in [3.63, 3.8) is 0 Å². The highest BCUT2D eigenvalue weighted by Gasteiger charge is 2.17. The number of allylic oxidation sites excluding steroid dienone is 10. The predicted octanol–water partition coefficient (Wildman–Crippen LogP) is 11.2. The molecule has 0 spiro atoms. The number of carbonyl (C=O) groups excluding carboxylic acids is 2. The van der Waals surface area contributed by atoms with Gasteiger partial charge in [-0.3, -0.25) is 18.6 Å². The van der Waals surface area contributed by atoms with Gasteiger partial charge in [0.1, 0.15) is 0 Å². The molecule has 9 heteroatoms. The Morgan fingerprint density at radius 3 is 1.48 bits per heavy atom. The molecule has 1 atom stereocenters. The minimum absolute atomic E-state index is 0.164. The van der Waals surface area contributed by atoms with Crippen LogP contribution in [0.2, 0.25) is 0 Å². The van der Waals surface area contributed by atoms with Crippen molar-refractivity contribution in [3.8, 4) is 0 Å². The van der Waals surface area contributed by atoms with Gasteiger partial charge in [0, 0.05) is 26.4 Å². The van der Waals surface area contributed by atoms with Crippen molar-refractivity contribution >= 4 is 19.8 Å². The summed E-state index contributed by atoms with van der Waals surface area (Å²) in [6.45, 7) is 13.7. The van der Waals surface area contributed by atoms with Crippen molar-refractivity contribution in [2.45, 2.75) is 151 Å². The quantitative estimate of drug-likeness (QED) is 0.0357. The largest absolute Gasteiger partial charge is 0.471 e. The van der Waals surface area contributed by atoms with Crippen LogP contribution in [0.5, 0.6) is 0 Å². The molecule has 0 rings (SSSR count). The summed E-state index contributed by atoms with van der Waals surface area (Å²) in [5.41, 5.74) is 6.95. The Labute approximate surface area is 292 Å². The average Bonchev–Trinajstić information content (AvgIpc) is 3.03. The highest BCUT2D eigenvalue weighted by Crippen LogP contribution is 2.41. The van der Waals surface area contributed by atoms with Crippen LogP contribution >= 0.6 is 7.82 Å². The van der Waals surface area contributed by atoms with Gasteiger partial charge in [-0.25, -0.2) is 4.57 Å². The third-order valence-corrected chi connectivity index (χ3v) is 8.83. The van der Waals surface area contributed by atoms with Gasteiger partial charge in [0.15, 0.2) is 0 Å². The summed E-state index contributed by atoms with van der Waals surface area (Å²) in [4.78, 5) is 33.1. The molecular formula is C39H67O8P. The molecule has 0 aliphatic rings. The maximum atomic E-state index is 12.1. The zero-order chi connectivity index (χ0) is 36.0. The number of unbranched alkanes of at least 4 members (excludes halogenated alkanes) is 5. The van der Waals surface area contributed by atoms with Crippen molar-refractivity contribution in [2.24, 2.45) is 0 Å². The average molecular weight is 695 g/mol. The van der Waals surface area contributed by atoms with Crippen molar-refractivity contribution in [2.75, 3.05) is 26.9 Å². The number of carbonyl (C=O) groups is 2. The first-order chi connectivity index (χ1) is 22.8.